The molecule has 0 bridgehead atoms. The minimum atomic E-state index is -0.101. The topological polar surface area (TPSA) is 52.1 Å². The first-order valence-corrected chi connectivity index (χ1v) is 11.8. The fraction of sp³-hybridized carbons (Fsp3) is 0.708. The van der Waals surface area contributed by atoms with Crippen molar-refractivity contribution in [3.8, 4) is 0 Å². The van der Waals surface area contributed by atoms with Gasteiger partial charge < -0.3 is 15.4 Å². The Kier molecular flexibility index (Phi) is 9.55. The molecule has 1 atom stereocenters. The Morgan fingerprint density at radius 1 is 1.13 bits per heavy atom. The van der Waals surface area contributed by atoms with Crippen LogP contribution in [-0.4, -0.2) is 81.3 Å². The highest BCUT2D eigenvalue weighted by Gasteiger charge is 2.22. The van der Waals surface area contributed by atoms with E-state index in [1.165, 1.54) is 0 Å². The van der Waals surface area contributed by atoms with Gasteiger partial charge in [0.2, 0.25) is 0 Å². The Hall–Kier alpha value is -1.70. The molecule has 2 aliphatic heterocycles. The number of benzene rings is 1. The maximum absolute atomic E-state index is 13.9. The van der Waals surface area contributed by atoms with Crippen LogP contribution in [0.2, 0.25) is 0 Å². The van der Waals surface area contributed by atoms with Crippen LogP contribution in [0.5, 0.6) is 0 Å². The van der Waals surface area contributed by atoms with E-state index < -0.39 is 0 Å². The minimum Gasteiger partial charge on any atom is -0.374 e. The minimum absolute atomic E-state index is 0.101. The molecule has 1 aromatic carbocycles. The first-order chi connectivity index (χ1) is 15.0. The van der Waals surface area contributed by atoms with Crippen LogP contribution in [0.4, 0.5) is 4.39 Å². The van der Waals surface area contributed by atoms with E-state index in [4.69, 9.17) is 4.74 Å². The van der Waals surface area contributed by atoms with Crippen molar-refractivity contribution >= 4 is 5.96 Å². The number of morpholine rings is 1. The number of aliphatic imine (C=N–C) groups is 1. The maximum Gasteiger partial charge on any atom is 0.191 e. The Morgan fingerprint density at radius 2 is 1.87 bits per heavy atom. The lowest BCUT2D eigenvalue weighted by molar-refractivity contribution is -0.0284. The van der Waals surface area contributed by atoms with Crippen LogP contribution in [-0.2, 0) is 11.3 Å². The molecule has 1 aromatic rings. The van der Waals surface area contributed by atoms with E-state index in [1.807, 2.05) is 19.2 Å². The second kappa shape index (κ2) is 12.4. The number of piperidine rings is 1. The molecule has 0 amide bonds. The Balaban J connectivity index is 1.33. The number of nitrogens with zero attached hydrogens (tertiary/aromatic N) is 3. The zero-order valence-electron chi connectivity index (χ0n) is 19.4. The van der Waals surface area contributed by atoms with Crippen molar-refractivity contribution in [1.82, 2.24) is 20.4 Å². The molecule has 31 heavy (non-hydrogen) atoms. The second-order valence-corrected chi connectivity index (χ2v) is 9.29. The average molecular weight is 434 g/mol. The highest BCUT2D eigenvalue weighted by atomic mass is 19.1. The van der Waals surface area contributed by atoms with Gasteiger partial charge in [0.1, 0.15) is 5.82 Å². The van der Waals surface area contributed by atoms with Crippen LogP contribution in [0.3, 0.4) is 0 Å². The summed E-state index contributed by atoms with van der Waals surface area (Å²) in [5, 5.41) is 6.92. The van der Waals surface area contributed by atoms with Gasteiger partial charge in [0, 0.05) is 51.9 Å². The SMILES string of the molecule is CN=C(NCC1CCN(Cc2ccccc2F)CC1)NCC1CN(CC(C)C)CCO1. The molecule has 0 aromatic heterocycles. The van der Waals surface area contributed by atoms with Crippen LogP contribution in [0.25, 0.3) is 0 Å². The van der Waals surface area contributed by atoms with Gasteiger partial charge in [-0.2, -0.15) is 0 Å². The first kappa shape index (κ1) is 24.0. The second-order valence-electron chi connectivity index (χ2n) is 9.29. The molecule has 2 fully saturated rings. The summed E-state index contributed by atoms with van der Waals surface area (Å²) >= 11 is 0. The van der Waals surface area contributed by atoms with Crippen molar-refractivity contribution in [2.75, 3.05) is 59.5 Å². The lowest BCUT2D eigenvalue weighted by Gasteiger charge is -2.34. The van der Waals surface area contributed by atoms with Gasteiger partial charge in [-0.25, -0.2) is 4.39 Å². The van der Waals surface area contributed by atoms with Gasteiger partial charge in [-0.15, -0.1) is 0 Å². The number of ether oxygens (including phenoxy) is 1. The molecule has 2 N–H and O–H groups in total. The normalized spacial score (nSPS) is 22.1. The first-order valence-electron chi connectivity index (χ1n) is 11.8. The van der Waals surface area contributed by atoms with Crippen molar-refractivity contribution in [3.05, 3.63) is 35.6 Å². The van der Waals surface area contributed by atoms with Crippen molar-refractivity contribution in [3.63, 3.8) is 0 Å². The smallest absolute Gasteiger partial charge is 0.191 e. The molecule has 6 nitrogen and oxygen atoms in total. The summed E-state index contributed by atoms with van der Waals surface area (Å²) in [7, 11) is 1.82. The number of likely N-dealkylation sites (tertiary alicyclic amines) is 1. The number of halogens is 1. The summed E-state index contributed by atoms with van der Waals surface area (Å²) in [6.45, 7) is 12.9. The predicted octanol–water partition coefficient (Wildman–Crippen LogP) is 2.56. The number of hydrogen-bond donors (Lipinski definition) is 2. The fourth-order valence-corrected chi connectivity index (χ4v) is 4.47. The van der Waals surface area contributed by atoms with Gasteiger partial charge in [-0.05, 0) is 43.8 Å². The summed E-state index contributed by atoms with van der Waals surface area (Å²) in [4.78, 5) is 9.22. The summed E-state index contributed by atoms with van der Waals surface area (Å²) in [6.07, 6.45) is 2.44. The lowest BCUT2D eigenvalue weighted by Crippen LogP contribution is -2.50. The van der Waals surface area contributed by atoms with E-state index in [0.717, 1.165) is 76.8 Å². The van der Waals surface area contributed by atoms with E-state index in [1.54, 1.807) is 12.1 Å². The number of nitrogens with one attached hydrogen (secondary N) is 2. The molecule has 1 unspecified atom stereocenters. The van der Waals surface area contributed by atoms with Crippen LogP contribution < -0.4 is 10.6 Å². The van der Waals surface area contributed by atoms with Crippen LogP contribution in [0.15, 0.2) is 29.3 Å². The summed E-state index contributed by atoms with van der Waals surface area (Å²) < 4.78 is 19.8. The molecule has 2 saturated heterocycles. The Morgan fingerprint density at radius 3 is 2.58 bits per heavy atom. The largest absolute Gasteiger partial charge is 0.374 e. The molecule has 2 heterocycles. The standard InChI is InChI=1S/C24H40FN5O/c1-19(2)16-30-12-13-31-22(18-30)15-28-24(26-3)27-14-20-8-10-29(11-9-20)17-21-6-4-5-7-23(21)25/h4-7,19-20,22H,8-18H2,1-3H3,(H2,26,27,28). The summed E-state index contributed by atoms with van der Waals surface area (Å²) in [5.74, 6) is 2.04. The molecule has 174 valence electrons. The van der Waals surface area contributed by atoms with Gasteiger partial charge in [0.05, 0.1) is 12.7 Å². The number of hydrogen-bond acceptors (Lipinski definition) is 4. The third-order valence-corrected chi connectivity index (χ3v) is 6.18. The zero-order valence-corrected chi connectivity index (χ0v) is 19.4. The number of guanidine groups is 1. The lowest BCUT2D eigenvalue weighted by atomic mass is 9.96. The van der Waals surface area contributed by atoms with E-state index >= 15 is 0 Å². The molecule has 0 saturated carbocycles. The van der Waals surface area contributed by atoms with Gasteiger partial charge in [-0.3, -0.25) is 14.8 Å². The van der Waals surface area contributed by atoms with Crippen molar-refractivity contribution in [2.45, 2.75) is 39.3 Å². The molecule has 2 aliphatic rings. The van der Waals surface area contributed by atoms with E-state index in [2.05, 4.69) is 39.3 Å². The monoisotopic (exact) mass is 433 g/mol. The molecular weight excluding hydrogens is 393 g/mol. The summed E-state index contributed by atoms with van der Waals surface area (Å²) in [6, 6.07) is 7.09. The quantitative estimate of drug-likeness (QED) is 0.488. The third kappa shape index (κ3) is 8.05. The Bertz CT molecular complexity index is 690. The van der Waals surface area contributed by atoms with Gasteiger partial charge in [0.15, 0.2) is 5.96 Å². The van der Waals surface area contributed by atoms with Crippen LogP contribution in [0.1, 0.15) is 32.3 Å². The van der Waals surface area contributed by atoms with E-state index in [-0.39, 0.29) is 11.9 Å². The number of rotatable bonds is 8. The van der Waals surface area contributed by atoms with Crippen LogP contribution >= 0.6 is 0 Å². The van der Waals surface area contributed by atoms with Crippen molar-refractivity contribution < 1.29 is 9.13 Å². The molecule has 0 spiro atoms. The molecule has 7 heteroatoms. The average Bonchev–Trinajstić information content (AvgIpc) is 2.76. The Labute approximate surface area is 187 Å². The van der Waals surface area contributed by atoms with Gasteiger partial charge >= 0.3 is 0 Å². The van der Waals surface area contributed by atoms with Gasteiger partial charge in [-0.1, -0.05) is 32.0 Å². The third-order valence-electron chi connectivity index (χ3n) is 6.18. The highest BCUT2D eigenvalue weighted by Crippen LogP contribution is 2.19. The highest BCUT2D eigenvalue weighted by molar-refractivity contribution is 5.79. The molecule has 0 radical (unpaired) electrons. The molecule has 0 aliphatic carbocycles. The van der Waals surface area contributed by atoms with Crippen molar-refractivity contribution in [1.29, 1.82) is 0 Å². The predicted molar refractivity (Wildman–Crippen MR) is 125 cm³/mol. The van der Waals surface area contributed by atoms with E-state index in [9.17, 15) is 4.39 Å². The van der Waals surface area contributed by atoms with Crippen LogP contribution in [0, 0.1) is 17.7 Å². The zero-order chi connectivity index (χ0) is 22.1. The fourth-order valence-electron chi connectivity index (χ4n) is 4.47. The van der Waals surface area contributed by atoms with Crippen molar-refractivity contribution in [2.24, 2.45) is 16.8 Å². The maximum atomic E-state index is 13.9. The molecule has 3 rings (SSSR count). The van der Waals surface area contributed by atoms with Gasteiger partial charge in [0.25, 0.3) is 0 Å². The van der Waals surface area contributed by atoms with E-state index in [0.29, 0.717) is 18.4 Å². The molecular formula is C24H40FN5O. The summed E-state index contributed by atoms with van der Waals surface area (Å²) in [5.41, 5.74) is 0.792.